The quantitative estimate of drug-likeness (QED) is 0.220. The zero-order valence-electron chi connectivity index (χ0n) is 21.1. The van der Waals surface area contributed by atoms with Gasteiger partial charge in [-0.1, -0.05) is 0 Å². The van der Waals surface area contributed by atoms with Crippen LogP contribution in [0.5, 0.6) is 0 Å². The number of piperidine rings is 1. The minimum Gasteiger partial charge on any atom is -0.352 e. The number of carbonyl (C=O) groups excluding carboxylic acids is 1. The molecular formula is C29H26N8OS. The fraction of sp³-hybridized carbons (Fsp3) is 0.207. The zero-order valence-corrected chi connectivity index (χ0v) is 21.9. The average Bonchev–Trinajstić information content (AvgIpc) is 3.73. The highest BCUT2D eigenvalue weighted by atomic mass is 32.1. The number of thiophene rings is 1. The molecule has 1 saturated heterocycles. The number of nitrogens with one attached hydrogen (secondary N) is 4. The molecule has 0 unspecified atom stereocenters. The van der Waals surface area contributed by atoms with E-state index in [1.54, 1.807) is 29.9 Å². The summed E-state index contributed by atoms with van der Waals surface area (Å²) in [5.74, 6) is 0.448. The Balaban J connectivity index is 1.19. The number of hydrogen-bond donors (Lipinski definition) is 4. The number of nitrogens with zero attached hydrogens (tertiary/aromatic N) is 4. The highest BCUT2D eigenvalue weighted by Crippen LogP contribution is 2.35. The summed E-state index contributed by atoms with van der Waals surface area (Å²) in [4.78, 5) is 29.6. The van der Waals surface area contributed by atoms with Crippen molar-refractivity contribution in [2.45, 2.75) is 19.3 Å². The van der Waals surface area contributed by atoms with Gasteiger partial charge in [0.15, 0.2) is 0 Å². The van der Waals surface area contributed by atoms with Gasteiger partial charge in [0.2, 0.25) is 5.91 Å². The van der Waals surface area contributed by atoms with E-state index in [1.165, 1.54) is 0 Å². The van der Waals surface area contributed by atoms with Crippen LogP contribution < -0.4 is 10.6 Å². The van der Waals surface area contributed by atoms with Crippen molar-refractivity contribution in [3.05, 3.63) is 66.0 Å². The number of rotatable bonds is 6. The number of H-pyrrole nitrogens is 2. The lowest BCUT2D eigenvalue weighted by Gasteiger charge is -2.21. The van der Waals surface area contributed by atoms with Crippen LogP contribution in [0.3, 0.4) is 0 Å². The number of amides is 1. The van der Waals surface area contributed by atoms with E-state index < -0.39 is 0 Å². The molecule has 6 aromatic rings. The normalized spacial score (nSPS) is 14.3. The molecule has 9 nitrogen and oxygen atoms in total. The van der Waals surface area contributed by atoms with Crippen molar-refractivity contribution in [2.24, 2.45) is 5.92 Å². The Hall–Kier alpha value is -4.41. The van der Waals surface area contributed by atoms with Crippen LogP contribution in [-0.4, -0.2) is 49.1 Å². The van der Waals surface area contributed by atoms with Crippen LogP contribution in [0.15, 0.2) is 66.0 Å². The van der Waals surface area contributed by atoms with E-state index in [0.29, 0.717) is 18.0 Å². The minimum absolute atomic E-state index is 0.0245. The summed E-state index contributed by atoms with van der Waals surface area (Å²) < 4.78 is 0. The molecule has 6 aromatic heterocycles. The molecule has 1 amide bonds. The van der Waals surface area contributed by atoms with Crippen LogP contribution in [-0.2, 0) is 4.79 Å². The monoisotopic (exact) mass is 534 g/mol. The van der Waals surface area contributed by atoms with Gasteiger partial charge in [0.05, 0.1) is 46.7 Å². The summed E-state index contributed by atoms with van der Waals surface area (Å²) in [6, 6.07) is 8.16. The number of hydrogen-bond acceptors (Lipinski definition) is 7. The predicted molar refractivity (Wildman–Crippen MR) is 154 cm³/mol. The summed E-state index contributed by atoms with van der Waals surface area (Å²) in [7, 11) is 0. The predicted octanol–water partition coefficient (Wildman–Crippen LogP) is 5.62. The first-order chi connectivity index (χ1) is 19.2. The van der Waals surface area contributed by atoms with E-state index in [2.05, 4.69) is 63.7 Å². The highest BCUT2D eigenvalue weighted by molar-refractivity contribution is 7.08. The molecule has 0 aromatic carbocycles. The summed E-state index contributed by atoms with van der Waals surface area (Å²) in [6.07, 6.45) is 11.6. The van der Waals surface area contributed by atoms with Crippen LogP contribution in [0.25, 0.3) is 55.6 Å². The number of aromatic amines is 2. The summed E-state index contributed by atoms with van der Waals surface area (Å²) in [6.45, 7) is 1.95. The SMILES string of the molecule is O=C(CC1CCNCC1)Nc1cncc(-c2cc3c(-c4cc5c(-c6ccsc6)cncc5[nH]4)n[nH]c3cn2)c1. The van der Waals surface area contributed by atoms with Gasteiger partial charge in [-0.15, -0.1) is 0 Å². The maximum atomic E-state index is 12.6. The molecule has 194 valence electrons. The second-order valence-electron chi connectivity index (χ2n) is 9.94. The molecule has 4 N–H and O–H groups in total. The van der Waals surface area contributed by atoms with Crippen molar-refractivity contribution >= 4 is 44.7 Å². The fourth-order valence-corrected chi connectivity index (χ4v) is 5.97. The molecule has 1 fully saturated rings. The molecule has 7 heterocycles. The van der Waals surface area contributed by atoms with Crippen molar-refractivity contribution in [1.82, 2.24) is 35.5 Å². The summed E-state index contributed by atoms with van der Waals surface area (Å²) in [5, 5.41) is 20.3. The van der Waals surface area contributed by atoms with Gasteiger partial charge in [-0.2, -0.15) is 16.4 Å². The van der Waals surface area contributed by atoms with Crippen LogP contribution in [0.2, 0.25) is 0 Å². The lowest BCUT2D eigenvalue weighted by atomic mass is 9.94. The fourth-order valence-electron chi connectivity index (χ4n) is 5.31. The number of aromatic nitrogens is 6. The van der Waals surface area contributed by atoms with Gasteiger partial charge in [0, 0.05) is 40.7 Å². The molecule has 0 aliphatic carbocycles. The lowest BCUT2D eigenvalue weighted by molar-refractivity contribution is -0.117. The largest absolute Gasteiger partial charge is 0.352 e. The molecule has 7 rings (SSSR count). The molecule has 0 radical (unpaired) electrons. The zero-order chi connectivity index (χ0) is 26.2. The van der Waals surface area contributed by atoms with Gasteiger partial charge in [-0.25, -0.2) is 0 Å². The molecule has 0 atom stereocenters. The van der Waals surface area contributed by atoms with Gasteiger partial charge in [0.25, 0.3) is 0 Å². The second kappa shape index (κ2) is 10.0. The van der Waals surface area contributed by atoms with Crippen LogP contribution in [0, 0.1) is 5.92 Å². The van der Waals surface area contributed by atoms with Crippen molar-refractivity contribution in [2.75, 3.05) is 18.4 Å². The standard InChI is InChI=1S/C29H26N8OS/c38-28(7-17-1-4-30-5-2-17)34-20-8-19(11-31-12-20)24-10-22-27(15-33-24)36-37-29(22)25-9-21-23(18-3-6-39-16-18)13-32-14-26(21)35-25/h3,6,8-17,30,35H,1-2,4-5,7H2,(H,34,38)(H,36,37). The number of pyridine rings is 3. The van der Waals surface area contributed by atoms with Crippen molar-refractivity contribution in [3.63, 3.8) is 0 Å². The second-order valence-corrected chi connectivity index (χ2v) is 10.7. The molecule has 1 aliphatic heterocycles. The van der Waals surface area contributed by atoms with Gasteiger partial charge >= 0.3 is 0 Å². The molecule has 0 bridgehead atoms. The molecule has 0 saturated carbocycles. The third-order valence-electron chi connectivity index (χ3n) is 7.33. The van der Waals surface area contributed by atoms with Crippen molar-refractivity contribution in [1.29, 1.82) is 0 Å². The Morgan fingerprint density at radius 2 is 1.87 bits per heavy atom. The summed E-state index contributed by atoms with van der Waals surface area (Å²) in [5.41, 5.74) is 7.98. The van der Waals surface area contributed by atoms with Crippen LogP contribution in [0.4, 0.5) is 5.69 Å². The van der Waals surface area contributed by atoms with E-state index in [4.69, 9.17) is 0 Å². The minimum atomic E-state index is 0.0245. The molecule has 1 aliphatic rings. The maximum absolute atomic E-state index is 12.6. The highest BCUT2D eigenvalue weighted by Gasteiger charge is 2.18. The van der Waals surface area contributed by atoms with Gasteiger partial charge in [0.1, 0.15) is 5.69 Å². The Morgan fingerprint density at radius 1 is 0.974 bits per heavy atom. The van der Waals surface area contributed by atoms with Crippen LogP contribution >= 0.6 is 11.3 Å². The average molecular weight is 535 g/mol. The van der Waals surface area contributed by atoms with Gasteiger partial charge in [-0.05, 0) is 72.4 Å². The van der Waals surface area contributed by atoms with E-state index in [9.17, 15) is 4.79 Å². The summed E-state index contributed by atoms with van der Waals surface area (Å²) >= 11 is 1.67. The lowest BCUT2D eigenvalue weighted by Crippen LogP contribution is -2.30. The molecule has 0 spiro atoms. The van der Waals surface area contributed by atoms with Gasteiger partial charge < -0.3 is 15.6 Å². The molecule has 10 heteroatoms. The van der Waals surface area contributed by atoms with E-state index in [1.807, 2.05) is 24.5 Å². The first-order valence-electron chi connectivity index (χ1n) is 13.0. The Bertz CT molecular complexity index is 1780. The van der Waals surface area contributed by atoms with E-state index in [0.717, 1.165) is 81.5 Å². The van der Waals surface area contributed by atoms with E-state index >= 15 is 0 Å². The van der Waals surface area contributed by atoms with Crippen LogP contribution in [0.1, 0.15) is 19.3 Å². The van der Waals surface area contributed by atoms with E-state index in [-0.39, 0.29) is 5.91 Å². The van der Waals surface area contributed by atoms with Crippen molar-refractivity contribution in [3.8, 4) is 33.8 Å². The number of anilines is 1. The third-order valence-corrected chi connectivity index (χ3v) is 8.01. The van der Waals surface area contributed by atoms with Gasteiger partial charge in [-0.3, -0.25) is 24.8 Å². The van der Waals surface area contributed by atoms with Crippen molar-refractivity contribution < 1.29 is 4.79 Å². The third kappa shape index (κ3) is 4.68. The first kappa shape index (κ1) is 23.7. The maximum Gasteiger partial charge on any atom is 0.224 e. The number of carbonyl (C=O) groups is 1. The smallest absolute Gasteiger partial charge is 0.224 e. The Labute approximate surface area is 228 Å². The first-order valence-corrected chi connectivity index (χ1v) is 14.0. The molecule has 39 heavy (non-hydrogen) atoms. The topological polar surface area (TPSA) is 124 Å². The molecular weight excluding hydrogens is 508 g/mol. The Kier molecular flexibility index (Phi) is 6.10. The Morgan fingerprint density at radius 3 is 2.74 bits per heavy atom. The number of fused-ring (bicyclic) bond motifs is 2.